The molecule has 3 aromatic heterocycles. The number of ether oxygens (including phenoxy) is 1. The van der Waals surface area contributed by atoms with Crippen molar-refractivity contribution in [1.82, 2.24) is 19.5 Å². The number of imidazole rings is 1. The average molecular weight is 428 g/mol. The molecule has 32 heavy (non-hydrogen) atoms. The highest BCUT2D eigenvalue weighted by atomic mass is 16.5. The molecule has 4 aromatic rings. The predicted molar refractivity (Wildman–Crippen MR) is 124 cm³/mol. The summed E-state index contributed by atoms with van der Waals surface area (Å²) in [6.45, 7) is 4.93. The second-order valence-corrected chi connectivity index (χ2v) is 8.09. The van der Waals surface area contributed by atoms with E-state index in [1.807, 2.05) is 38.5 Å². The Bertz CT molecular complexity index is 1290. The van der Waals surface area contributed by atoms with Gasteiger partial charge in [0.05, 0.1) is 31.5 Å². The van der Waals surface area contributed by atoms with E-state index in [9.17, 15) is 4.79 Å². The van der Waals surface area contributed by atoms with Crippen molar-refractivity contribution in [3.8, 4) is 11.3 Å². The number of ketones is 1. The number of Topliss-reactive ketones (excluding diaryl/α,β-unsaturated/α-hetero) is 1. The Morgan fingerprint density at radius 1 is 1.00 bits per heavy atom. The summed E-state index contributed by atoms with van der Waals surface area (Å²) in [5, 5.41) is 2.10. The number of pyridine rings is 2. The largest absolute Gasteiger partial charge is 0.378 e. The maximum absolute atomic E-state index is 13.0. The Hall–Kier alpha value is -3.58. The molecule has 1 aromatic carbocycles. The Morgan fingerprint density at radius 2 is 1.84 bits per heavy atom. The first-order valence-electron chi connectivity index (χ1n) is 10.8. The van der Waals surface area contributed by atoms with Crippen LogP contribution in [0.2, 0.25) is 0 Å². The third-order valence-electron chi connectivity index (χ3n) is 6.04. The minimum Gasteiger partial charge on any atom is -0.378 e. The topological polar surface area (TPSA) is 73.1 Å². The summed E-state index contributed by atoms with van der Waals surface area (Å²) in [5.41, 5.74) is 3.56. The van der Waals surface area contributed by atoms with Gasteiger partial charge in [0.15, 0.2) is 5.78 Å². The van der Waals surface area contributed by atoms with E-state index in [0.717, 1.165) is 52.5 Å². The number of nitrogens with zero attached hydrogens (tertiary/aromatic N) is 5. The second-order valence-electron chi connectivity index (χ2n) is 8.09. The highest BCUT2D eigenvalue weighted by molar-refractivity contribution is 5.98. The van der Waals surface area contributed by atoms with Gasteiger partial charge in [-0.2, -0.15) is 0 Å². The molecule has 1 saturated heterocycles. The van der Waals surface area contributed by atoms with Crippen molar-refractivity contribution in [2.24, 2.45) is 7.05 Å². The van der Waals surface area contributed by atoms with E-state index in [4.69, 9.17) is 4.74 Å². The zero-order chi connectivity index (χ0) is 22.1. The van der Waals surface area contributed by atoms with Gasteiger partial charge in [-0.25, -0.2) is 9.97 Å². The lowest BCUT2D eigenvalue weighted by Gasteiger charge is -2.27. The smallest absolute Gasteiger partial charge is 0.169 e. The van der Waals surface area contributed by atoms with E-state index in [1.165, 1.54) is 0 Å². The maximum Gasteiger partial charge on any atom is 0.169 e. The molecule has 4 heterocycles. The summed E-state index contributed by atoms with van der Waals surface area (Å²) in [5.74, 6) is 1.82. The van der Waals surface area contributed by atoms with E-state index in [1.54, 1.807) is 12.3 Å². The number of hydrogen-bond acceptors (Lipinski definition) is 6. The van der Waals surface area contributed by atoms with Gasteiger partial charge in [0.2, 0.25) is 0 Å². The molecule has 1 aliphatic heterocycles. The minimum absolute atomic E-state index is 0.0344. The summed E-state index contributed by atoms with van der Waals surface area (Å²) < 4.78 is 7.48. The number of fused-ring (bicyclic) bond motifs is 1. The quantitative estimate of drug-likeness (QED) is 0.453. The molecule has 5 rings (SSSR count). The van der Waals surface area contributed by atoms with Crippen molar-refractivity contribution in [2.75, 3.05) is 31.2 Å². The fourth-order valence-electron chi connectivity index (χ4n) is 4.04. The number of anilines is 1. The van der Waals surface area contributed by atoms with Crippen molar-refractivity contribution in [3.05, 3.63) is 72.1 Å². The average Bonchev–Trinajstić information content (AvgIpc) is 3.17. The molecule has 7 heteroatoms. The van der Waals surface area contributed by atoms with Gasteiger partial charge in [0.1, 0.15) is 11.6 Å². The third kappa shape index (κ3) is 3.99. The Kier molecular flexibility index (Phi) is 5.41. The van der Waals surface area contributed by atoms with Crippen LogP contribution in [0.3, 0.4) is 0 Å². The van der Waals surface area contributed by atoms with Crippen molar-refractivity contribution in [2.45, 2.75) is 13.3 Å². The number of aromatic nitrogens is 4. The van der Waals surface area contributed by atoms with Crippen molar-refractivity contribution < 1.29 is 9.53 Å². The van der Waals surface area contributed by atoms with Crippen molar-refractivity contribution in [3.63, 3.8) is 0 Å². The Labute approximate surface area is 186 Å². The second kappa shape index (κ2) is 8.51. The molecule has 1 aliphatic rings. The van der Waals surface area contributed by atoms with Crippen LogP contribution in [0.5, 0.6) is 0 Å². The molecule has 162 valence electrons. The SMILES string of the molecule is Cc1ncc(-c2ccc3cnc(CC(=O)c4ccnc(N5CCOCC5)c4)cc3c2)n1C. The molecule has 0 unspecified atom stereocenters. The number of carbonyl (C=O) groups is 1. The van der Waals surface area contributed by atoms with Crippen LogP contribution in [0.4, 0.5) is 5.82 Å². The first-order valence-corrected chi connectivity index (χ1v) is 10.8. The zero-order valence-corrected chi connectivity index (χ0v) is 18.3. The monoisotopic (exact) mass is 427 g/mol. The zero-order valence-electron chi connectivity index (χ0n) is 18.3. The summed E-state index contributed by atoms with van der Waals surface area (Å²) in [7, 11) is 2.01. The van der Waals surface area contributed by atoms with E-state index >= 15 is 0 Å². The van der Waals surface area contributed by atoms with Crippen LogP contribution in [0.1, 0.15) is 21.9 Å². The first kappa shape index (κ1) is 20.3. The summed E-state index contributed by atoms with van der Waals surface area (Å²) >= 11 is 0. The van der Waals surface area contributed by atoms with Gasteiger partial charge in [-0.3, -0.25) is 9.78 Å². The van der Waals surface area contributed by atoms with Crippen LogP contribution < -0.4 is 4.90 Å². The van der Waals surface area contributed by atoms with Crippen LogP contribution in [0.25, 0.3) is 22.0 Å². The van der Waals surface area contributed by atoms with Gasteiger partial charge in [-0.15, -0.1) is 0 Å². The van der Waals surface area contributed by atoms with Crippen molar-refractivity contribution in [1.29, 1.82) is 0 Å². The highest BCUT2D eigenvalue weighted by Crippen LogP contribution is 2.25. The molecule has 1 fully saturated rings. The number of carbonyl (C=O) groups excluding carboxylic acids is 1. The number of morpholine rings is 1. The number of rotatable bonds is 5. The van der Waals surface area contributed by atoms with Gasteiger partial charge in [0, 0.05) is 54.7 Å². The predicted octanol–water partition coefficient (Wildman–Crippen LogP) is 3.60. The van der Waals surface area contributed by atoms with Gasteiger partial charge in [-0.1, -0.05) is 12.1 Å². The van der Waals surface area contributed by atoms with Gasteiger partial charge in [0.25, 0.3) is 0 Å². The first-order chi connectivity index (χ1) is 15.6. The molecule has 0 N–H and O–H groups in total. The Balaban J connectivity index is 1.39. The van der Waals surface area contributed by atoms with Crippen LogP contribution in [-0.4, -0.2) is 51.6 Å². The number of hydrogen-bond donors (Lipinski definition) is 0. The molecule has 0 spiro atoms. The molecule has 0 amide bonds. The molecular formula is C25H25N5O2. The fraction of sp³-hybridized carbons (Fsp3) is 0.280. The van der Waals surface area contributed by atoms with E-state index in [-0.39, 0.29) is 12.2 Å². The minimum atomic E-state index is 0.0344. The van der Waals surface area contributed by atoms with Crippen LogP contribution in [0.15, 0.2) is 55.0 Å². The summed E-state index contributed by atoms with van der Waals surface area (Å²) in [6.07, 6.45) is 5.67. The summed E-state index contributed by atoms with van der Waals surface area (Å²) in [4.78, 5) is 28.5. The van der Waals surface area contributed by atoms with Crippen molar-refractivity contribution >= 4 is 22.4 Å². The van der Waals surface area contributed by atoms with Crippen LogP contribution >= 0.6 is 0 Å². The van der Waals surface area contributed by atoms with Gasteiger partial charge >= 0.3 is 0 Å². The normalized spacial score (nSPS) is 14.1. The molecular weight excluding hydrogens is 402 g/mol. The molecule has 0 aliphatic carbocycles. The Morgan fingerprint density at radius 3 is 2.62 bits per heavy atom. The molecule has 0 saturated carbocycles. The lowest BCUT2D eigenvalue weighted by atomic mass is 10.0. The highest BCUT2D eigenvalue weighted by Gasteiger charge is 2.15. The lowest BCUT2D eigenvalue weighted by molar-refractivity contribution is 0.0992. The molecule has 7 nitrogen and oxygen atoms in total. The maximum atomic E-state index is 13.0. The van der Waals surface area contributed by atoms with E-state index < -0.39 is 0 Å². The van der Waals surface area contributed by atoms with Crippen LogP contribution in [0, 0.1) is 6.92 Å². The molecule has 0 atom stereocenters. The molecule has 0 bridgehead atoms. The standard InChI is InChI=1S/C25H25N5O2/c1-17-27-16-23(29(17)2)18-3-4-20-15-28-22(12-21(20)11-18)14-24(31)19-5-6-26-25(13-19)30-7-9-32-10-8-30/h3-6,11-13,15-16H,7-10,14H2,1-2H3. The van der Waals surface area contributed by atoms with Gasteiger partial charge in [-0.05, 0) is 36.6 Å². The summed E-state index contributed by atoms with van der Waals surface area (Å²) in [6, 6.07) is 11.9. The lowest BCUT2D eigenvalue weighted by Crippen LogP contribution is -2.36. The number of aryl methyl sites for hydroxylation is 1. The van der Waals surface area contributed by atoms with Gasteiger partial charge < -0.3 is 14.2 Å². The number of benzene rings is 1. The fourth-order valence-corrected chi connectivity index (χ4v) is 4.04. The van der Waals surface area contributed by atoms with E-state index in [2.05, 4.69) is 42.6 Å². The van der Waals surface area contributed by atoms with Crippen LogP contribution in [-0.2, 0) is 18.2 Å². The third-order valence-corrected chi connectivity index (χ3v) is 6.04. The van der Waals surface area contributed by atoms with E-state index in [0.29, 0.717) is 18.8 Å². The molecule has 0 radical (unpaired) electrons.